The van der Waals surface area contributed by atoms with E-state index in [-0.39, 0.29) is 11.0 Å². The number of amides is 1. The Balaban J connectivity index is 2.00. The maximum absolute atomic E-state index is 12.7. The SMILES string of the molecule is Cc1cc(=O)c(C(=O)Nc2ccccc2)c(C)n1Cc1ccccc1Cl. The molecule has 3 aromatic rings. The molecule has 132 valence electrons. The molecule has 0 saturated heterocycles. The van der Waals surface area contributed by atoms with Crippen molar-refractivity contribution in [3.63, 3.8) is 0 Å². The van der Waals surface area contributed by atoms with Crippen LogP contribution in [0, 0.1) is 13.8 Å². The van der Waals surface area contributed by atoms with E-state index in [0.29, 0.717) is 22.9 Å². The highest BCUT2D eigenvalue weighted by molar-refractivity contribution is 6.31. The molecule has 4 nitrogen and oxygen atoms in total. The highest BCUT2D eigenvalue weighted by atomic mass is 35.5. The van der Waals surface area contributed by atoms with Crippen LogP contribution >= 0.6 is 11.6 Å². The summed E-state index contributed by atoms with van der Waals surface area (Å²) in [6.45, 7) is 4.12. The summed E-state index contributed by atoms with van der Waals surface area (Å²) >= 11 is 6.27. The van der Waals surface area contributed by atoms with Gasteiger partial charge in [0.2, 0.25) is 0 Å². The van der Waals surface area contributed by atoms with E-state index in [9.17, 15) is 9.59 Å². The monoisotopic (exact) mass is 366 g/mol. The number of rotatable bonds is 4. The molecule has 5 heteroatoms. The van der Waals surface area contributed by atoms with Gasteiger partial charge in [-0.05, 0) is 37.6 Å². The highest BCUT2D eigenvalue weighted by Crippen LogP contribution is 2.19. The van der Waals surface area contributed by atoms with Crippen molar-refractivity contribution in [1.82, 2.24) is 4.57 Å². The van der Waals surface area contributed by atoms with E-state index in [1.54, 1.807) is 19.1 Å². The summed E-state index contributed by atoms with van der Waals surface area (Å²) in [7, 11) is 0. The number of pyridine rings is 1. The van der Waals surface area contributed by atoms with Gasteiger partial charge in [0.1, 0.15) is 5.56 Å². The molecule has 1 amide bonds. The molecular formula is C21H19ClN2O2. The fraction of sp³-hybridized carbons (Fsp3) is 0.143. The maximum Gasteiger partial charge on any atom is 0.261 e. The van der Waals surface area contributed by atoms with Crippen LogP contribution in [-0.4, -0.2) is 10.5 Å². The first-order chi connectivity index (χ1) is 12.5. The van der Waals surface area contributed by atoms with Crippen LogP contribution in [-0.2, 0) is 6.54 Å². The van der Waals surface area contributed by atoms with E-state index in [4.69, 9.17) is 11.6 Å². The van der Waals surface area contributed by atoms with Gasteiger partial charge < -0.3 is 9.88 Å². The number of aryl methyl sites for hydroxylation is 1. The molecule has 26 heavy (non-hydrogen) atoms. The molecule has 0 unspecified atom stereocenters. The van der Waals surface area contributed by atoms with Gasteiger partial charge >= 0.3 is 0 Å². The zero-order valence-corrected chi connectivity index (χ0v) is 15.4. The average molecular weight is 367 g/mol. The predicted octanol–water partition coefficient (Wildman–Crippen LogP) is 4.42. The number of halogens is 1. The molecule has 1 aromatic heterocycles. The van der Waals surface area contributed by atoms with Gasteiger partial charge in [0, 0.05) is 34.7 Å². The molecule has 0 aliphatic rings. The lowest BCUT2D eigenvalue weighted by atomic mass is 10.1. The van der Waals surface area contributed by atoms with Crippen LogP contribution in [0.4, 0.5) is 5.69 Å². The number of carbonyl (C=O) groups excluding carboxylic acids is 1. The van der Waals surface area contributed by atoms with Crippen LogP contribution in [0.1, 0.15) is 27.3 Å². The van der Waals surface area contributed by atoms with Crippen molar-refractivity contribution >= 4 is 23.2 Å². The van der Waals surface area contributed by atoms with Gasteiger partial charge in [-0.25, -0.2) is 0 Å². The van der Waals surface area contributed by atoms with E-state index in [1.165, 1.54) is 6.07 Å². The van der Waals surface area contributed by atoms with Crippen molar-refractivity contribution in [2.45, 2.75) is 20.4 Å². The van der Waals surface area contributed by atoms with E-state index >= 15 is 0 Å². The molecule has 0 aliphatic heterocycles. The fourth-order valence-corrected chi connectivity index (χ4v) is 3.14. The molecule has 1 heterocycles. The van der Waals surface area contributed by atoms with Gasteiger partial charge in [0.15, 0.2) is 5.43 Å². The molecule has 0 saturated carbocycles. The van der Waals surface area contributed by atoms with Crippen molar-refractivity contribution in [1.29, 1.82) is 0 Å². The lowest BCUT2D eigenvalue weighted by Crippen LogP contribution is -2.27. The first-order valence-electron chi connectivity index (χ1n) is 8.28. The van der Waals surface area contributed by atoms with Gasteiger partial charge in [-0.2, -0.15) is 0 Å². The van der Waals surface area contributed by atoms with E-state index in [1.807, 2.05) is 54.0 Å². The van der Waals surface area contributed by atoms with Crippen molar-refractivity contribution in [2.75, 3.05) is 5.32 Å². The number of aromatic nitrogens is 1. The average Bonchev–Trinajstić information content (AvgIpc) is 2.60. The van der Waals surface area contributed by atoms with Crippen LogP contribution in [0.2, 0.25) is 5.02 Å². The second-order valence-electron chi connectivity index (χ2n) is 6.11. The van der Waals surface area contributed by atoms with Crippen molar-refractivity contribution < 1.29 is 4.79 Å². The minimum atomic E-state index is -0.411. The Morgan fingerprint density at radius 1 is 1.04 bits per heavy atom. The second kappa shape index (κ2) is 7.58. The van der Waals surface area contributed by atoms with Crippen LogP contribution in [0.5, 0.6) is 0 Å². The van der Waals surface area contributed by atoms with Gasteiger partial charge in [-0.15, -0.1) is 0 Å². The molecular weight excluding hydrogens is 348 g/mol. The molecule has 0 radical (unpaired) electrons. The summed E-state index contributed by atoms with van der Waals surface area (Å²) in [6, 6.07) is 18.1. The normalized spacial score (nSPS) is 10.6. The standard InChI is InChI=1S/C21H19ClN2O2/c1-14-12-19(25)20(21(26)23-17-9-4-3-5-10-17)15(2)24(14)13-16-8-6-7-11-18(16)22/h3-12H,13H2,1-2H3,(H,23,26). The zero-order valence-electron chi connectivity index (χ0n) is 14.6. The summed E-state index contributed by atoms with van der Waals surface area (Å²) in [4.78, 5) is 25.2. The van der Waals surface area contributed by atoms with Crippen molar-refractivity contribution in [3.8, 4) is 0 Å². The largest absolute Gasteiger partial charge is 0.344 e. The molecule has 0 fully saturated rings. The Kier molecular flexibility index (Phi) is 5.24. The highest BCUT2D eigenvalue weighted by Gasteiger charge is 2.18. The molecule has 0 atom stereocenters. The van der Waals surface area contributed by atoms with Crippen molar-refractivity contribution in [3.05, 3.63) is 98.4 Å². The first-order valence-corrected chi connectivity index (χ1v) is 8.66. The van der Waals surface area contributed by atoms with E-state index < -0.39 is 5.91 Å². The number of carbonyl (C=O) groups is 1. The lowest BCUT2D eigenvalue weighted by molar-refractivity contribution is 0.102. The number of nitrogens with zero attached hydrogens (tertiary/aromatic N) is 1. The Morgan fingerprint density at radius 2 is 1.69 bits per heavy atom. The molecule has 0 spiro atoms. The van der Waals surface area contributed by atoms with E-state index in [2.05, 4.69) is 5.32 Å². The molecule has 0 bridgehead atoms. The third-order valence-electron chi connectivity index (χ3n) is 4.32. The molecule has 2 aromatic carbocycles. The molecule has 3 rings (SSSR count). The number of hydrogen-bond acceptors (Lipinski definition) is 2. The number of nitrogens with one attached hydrogen (secondary N) is 1. The summed E-state index contributed by atoms with van der Waals surface area (Å²) in [6.07, 6.45) is 0. The quantitative estimate of drug-likeness (QED) is 0.743. The number of benzene rings is 2. The lowest BCUT2D eigenvalue weighted by Gasteiger charge is -2.18. The number of para-hydroxylation sites is 1. The van der Waals surface area contributed by atoms with Gasteiger partial charge in [0.05, 0.1) is 0 Å². The summed E-state index contributed by atoms with van der Waals surface area (Å²) in [5, 5.41) is 3.44. The third-order valence-corrected chi connectivity index (χ3v) is 4.69. The summed E-state index contributed by atoms with van der Waals surface area (Å²) < 4.78 is 1.93. The maximum atomic E-state index is 12.7. The predicted molar refractivity (Wildman–Crippen MR) is 105 cm³/mol. The molecule has 0 aliphatic carbocycles. The van der Waals surface area contributed by atoms with Crippen LogP contribution in [0.25, 0.3) is 0 Å². The Hall–Kier alpha value is -2.85. The van der Waals surface area contributed by atoms with Gasteiger partial charge in [0.25, 0.3) is 5.91 Å². The third kappa shape index (κ3) is 3.70. The zero-order chi connectivity index (χ0) is 18.7. The van der Waals surface area contributed by atoms with Crippen LogP contribution in [0.15, 0.2) is 65.5 Å². The van der Waals surface area contributed by atoms with Crippen molar-refractivity contribution in [2.24, 2.45) is 0 Å². The summed E-state index contributed by atoms with van der Waals surface area (Å²) in [5.41, 5.74) is 2.83. The second-order valence-corrected chi connectivity index (χ2v) is 6.52. The smallest absolute Gasteiger partial charge is 0.261 e. The Morgan fingerprint density at radius 3 is 2.38 bits per heavy atom. The molecule has 1 N–H and O–H groups in total. The Bertz CT molecular complexity index is 1010. The summed E-state index contributed by atoms with van der Waals surface area (Å²) in [5.74, 6) is -0.411. The topological polar surface area (TPSA) is 51.1 Å². The first kappa shape index (κ1) is 18.0. The van der Waals surface area contributed by atoms with Gasteiger partial charge in [-0.1, -0.05) is 48.0 Å². The number of hydrogen-bond donors (Lipinski definition) is 1. The Labute approximate surface area is 157 Å². The van der Waals surface area contributed by atoms with Crippen LogP contribution in [0.3, 0.4) is 0 Å². The minimum Gasteiger partial charge on any atom is -0.344 e. The fourth-order valence-electron chi connectivity index (χ4n) is 2.95. The van der Waals surface area contributed by atoms with Gasteiger partial charge in [-0.3, -0.25) is 9.59 Å². The number of anilines is 1. The minimum absolute atomic E-state index is 0.145. The van der Waals surface area contributed by atoms with Crippen LogP contribution < -0.4 is 10.7 Å². The van der Waals surface area contributed by atoms with E-state index in [0.717, 1.165) is 11.3 Å².